The molecule has 2 nitrogen and oxygen atoms in total. The second-order valence-corrected chi connectivity index (χ2v) is 3.68. The lowest BCUT2D eigenvalue weighted by Gasteiger charge is -2.06. The average Bonchev–Trinajstić information content (AvgIpc) is 2.17. The van der Waals surface area contributed by atoms with Crippen LogP contribution in [0.15, 0.2) is 24.3 Å². The summed E-state index contributed by atoms with van der Waals surface area (Å²) in [6.07, 6.45) is 0. The van der Waals surface area contributed by atoms with Crippen molar-refractivity contribution in [3.63, 3.8) is 0 Å². The fourth-order valence-corrected chi connectivity index (χ4v) is 1.84. The molecule has 2 aromatic rings. The van der Waals surface area contributed by atoms with Crippen LogP contribution in [0.2, 0.25) is 10.0 Å². The minimum absolute atomic E-state index is 0.0892. The topological polar surface area (TPSA) is 40.5 Å². The van der Waals surface area contributed by atoms with Gasteiger partial charge >= 0.3 is 0 Å². The molecule has 0 saturated carbocycles. The van der Waals surface area contributed by atoms with Gasteiger partial charge in [-0.15, -0.1) is 0 Å². The van der Waals surface area contributed by atoms with Crippen molar-refractivity contribution in [2.45, 2.75) is 0 Å². The van der Waals surface area contributed by atoms with Gasteiger partial charge in [0.15, 0.2) is 5.75 Å². The van der Waals surface area contributed by atoms with Crippen LogP contribution >= 0.6 is 23.2 Å². The zero-order chi connectivity index (χ0) is 10.3. The molecule has 0 radical (unpaired) electrons. The number of aromatic hydroxyl groups is 2. The van der Waals surface area contributed by atoms with Crippen molar-refractivity contribution in [1.29, 1.82) is 0 Å². The molecule has 0 bridgehead atoms. The van der Waals surface area contributed by atoms with E-state index in [2.05, 4.69) is 0 Å². The first kappa shape index (κ1) is 9.44. The Morgan fingerprint density at radius 2 is 1.71 bits per heavy atom. The Balaban J connectivity index is 2.98. The molecule has 4 heteroatoms. The molecule has 0 fully saturated rings. The van der Waals surface area contributed by atoms with E-state index in [0.717, 1.165) is 0 Å². The highest BCUT2D eigenvalue weighted by Crippen LogP contribution is 2.40. The lowest BCUT2D eigenvalue weighted by atomic mass is 10.1. The van der Waals surface area contributed by atoms with Crippen LogP contribution < -0.4 is 0 Å². The van der Waals surface area contributed by atoms with E-state index in [4.69, 9.17) is 23.2 Å². The Morgan fingerprint density at radius 3 is 2.43 bits per heavy atom. The predicted octanol–water partition coefficient (Wildman–Crippen LogP) is 3.56. The first-order chi connectivity index (χ1) is 6.61. The lowest BCUT2D eigenvalue weighted by Crippen LogP contribution is -1.78. The van der Waals surface area contributed by atoms with Gasteiger partial charge in [-0.05, 0) is 12.1 Å². The van der Waals surface area contributed by atoms with Crippen molar-refractivity contribution in [1.82, 2.24) is 0 Å². The lowest BCUT2D eigenvalue weighted by molar-refractivity contribution is 0.475. The van der Waals surface area contributed by atoms with Crippen molar-refractivity contribution in [2.75, 3.05) is 0 Å². The molecule has 0 atom stereocenters. The van der Waals surface area contributed by atoms with Crippen molar-refractivity contribution in [3.8, 4) is 11.5 Å². The fraction of sp³-hybridized carbons (Fsp3) is 0. The summed E-state index contributed by atoms with van der Waals surface area (Å²) in [5.41, 5.74) is 0. The molecule has 0 amide bonds. The SMILES string of the molecule is Oc1c(Cl)cc2c(O)cccc2c1Cl. The molecule has 2 rings (SSSR count). The third-order valence-corrected chi connectivity index (χ3v) is 2.70. The van der Waals surface area contributed by atoms with Gasteiger partial charge in [0.2, 0.25) is 0 Å². The second-order valence-electron chi connectivity index (χ2n) is 2.89. The van der Waals surface area contributed by atoms with Crippen LogP contribution in [0.4, 0.5) is 0 Å². The summed E-state index contributed by atoms with van der Waals surface area (Å²) in [7, 11) is 0. The molecule has 0 heterocycles. The van der Waals surface area contributed by atoms with Crippen molar-refractivity contribution in [3.05, 3.63) is 34.3 Å². The summed E-state index contributed by atoms with van der Waals surface area (Å²) >= 11 is 11.6. The third kappa shape index (κ3) is 1.27. The molecule has 0 aromatic heterocycles. The van der Waals surface area contributed by atoms with Gasteiger partial charge in [-0.2, -0.15) is 0 Å². The quantitative estimate of drug-likeness (QED) is 0.724. The number of hydrogen-bond donors (Lipinski definition) is 2. The molecular weight excluding hydrogens is 223 g/mol. The van der Waals surface area contributed by atoms with Crippen LogP contribution in [0.5, 0.6) is 11.5 Å². The maximum absolute atomic E-state index is 9.51. The van der Waals surface area contributed by atoms with Crippen molar-refractivity contribution in [2.24, 2.45) is 0 Å². The van der Waals surface area contributed by atoms with Gasteiger partial charge in [0.1, 0.15) is 5.75 Å². The van der Waals surface area contributed by atoms with E-state index in [1.165, 1.54) is 12.1 Å². The maximum atomic E-state index is 9.51. The van der Waals surface area contributed by atoms with Crippen LogP contribution in [0, 0.1) is 0 Å². The van der Waals surface area contributed by atoms with E-state index in [0.29, 0.717) is 10.8 Å². The van der Waals surface area contributed by atoms with Crippen LogP contribution in [-0.2, 0) is 0 Å². The van der Waals surface area contributed by atoms with E-state index in [9.17, 15) is 10.2 Å². The first-order valence-corrected chi connectivity index (χ1v) is 4.65. The largest absolute Gasteiger partial charge is 0.507 e. The number of fused-ring (bicyclic) bond motifs is 1. The molecule has 0 aliphatic rings. The minimum atomic E-state index is -0.161. The minimum Gasteiger partial charge on any atom is -0.507 e. The third-order valence-electron chi connectivity index (χ3n) is 2.02. The molecule has 0 aliphatic heterocycles. The standard InChI is InChI=1S/C10H6Cl2O2/c11-7-4-6-5(9(12)10(7)14)2-1-3-8(6)13/h1-4,13-14H. The average molecular weight is 229 g/mol. The summed E-state index contributed by atoms with van der Waals surface area (Å²) in [5, 5.41) is 20.4. The zero-order valence-electron chi connectivity index (χ0n) is 6.96. The molecule has 72 valence electrons. The van der Waals surface area contributed by atoms with Crippen LogP contribution in [0.1, 0.15) is 0 Å². The van der Waals surface area contributed by atoms with Crippen molar-refractivity contribution < 1.29 is 10.2 Å². The van der Waals surface area contributed by atoms with Gasteiger partial charge in [-0.1, -0.05) is 35.3 Å². The number of rotatable bonds is 0. The van der Waals surface area contributed by atoms with E-state index < -0.39 is 0 Å². The predicted molar refractivity (Wildman–Crippen MR) is 57.3 cm³/mol. The number of hydrogen-bond acceptors (Lipinski definition) is 2. The zero-order valence-corrected chi connectivity index (χ0v) is 8.47. The van der Waals surface area contributed by atoms with E-state index in [-0.39, 0.29) is 21.5 Å². The smallest absolute Gasteiger partial charge is 0.153 e. The fourth-order valence-electron chi connectivity index (χ4n) is 1.32. The van der Waals surface area contributed by atoms with Crippen LogP contribution in [0.3, 0.4) is 0 Å². The summed E-state index contributed by atoms with van der Waals surface area (Å²) in [5.74, 6) is -0.0715. The molecular formula is C10H6Cl2O2. The highest BCUT2D eigenvalue weighted by Gasteiger charge is 2.11. The summed E-state index contributed by atoms with van der Waals surface area (Å²) < 4.78 is 0. The Kier molecular flexibility index (Phi) is 2.17. The van der Waals surface area contributed by atoms with Gasteiger partial charge in [-0.25, -0.2) is 0 Å². The Labute approximate surface area is 90.3 Å². The number of benzene rings is 2. The molecule has 0 saturated heterocycles. The molecule has 2 N–H and O–H groups in total. The van der Waals surface area contributed by atoms with Crippen LogP contribution in [0.25, 0.3) is 10.8 Å². The number of halogens is 2. The highest BCUT2D eigenvalue weighted by atomic mass is 35.5. The molecule has 0 unspecified atom stereocenters. The van der Waals surface area contributed by atoms with Gasteiger partial charge in [0.25, 0.3) is 0 Å². The summed E-state index contributed by atoms with van der Waals surface area (Å²) in [6.45, 7) is 0. The molecule has 14 heavy (non-hydrogen) atoms. The van der Waals surface area contributed by atoms with E-state index >= 15 is 0 Å². The molecule has 2 aromatic carbocycles. The Hall–Kier alpha value is -1.12. The first-order valence-electron chi connectivity index (χ1n) is 3.90. The van der Waals surface area contributed by atoms with Gasteiger partial charge in [0.05, 0.1) is 10.0 Å². The normalized spacial score (nSPS) is 10.7. The van der Waals surface area contributed by atoms with Gasteiger partial charge < -0.3 is 10.2 Å². The molecule has 0 spiro atoms. The van der Waals surface area contributed by atoms with Gasteiger partial charge in [0, 0.05) is 10.8 Å². The molecule has 0 aliphatic carbocycles. The van der Waals surface area contributed by atoms with E-state index in [1.54, 1.807) is 12.1 Å². The maximum Gasteiger partial charge on any atom is 0.153 e. The Morgan fingerprint density at radius 1 is 1.00 bits per heavy atom. The van der Waals surface area contributed by atoms with Gasteiger partial charge in [-0.3, -0.25) is 0 Å². The number of phenolic OH excluding ortho intramolecular Hbond substituents is 2. The monoisotopic (exact) mass is 228 g/mol. The summed E-state index contributed by atoms with van der Waals surface area (Å²) in [4.78, 5) is 0. The highest BCUT2D eigenvalue weighted by molar-refractivity contribution is 6.41. The van der Waals surface area contributed by atoms with Crippen molar-refractivity contribution >= 4 is 34.0 Å². The second kappa shape index (κ2) is 3.23. The summed E-state index contributed by atoms with van der Waals surface area (Å²) in [6, 6.07) is 6.36. The Bertz CT molecular complexity index is 509. The number of phenols is 2. The van der Waals surface area contributed by atoms with Crippen LogP contribution in [-0.4, -0.2) is 10.2 Å². The van der Waals surface area contributed by atoms with E-state index in [1.807, 2.05) is 0 Å².